The van der Waals surface area contributed by atoms with E-state index >= 15 is 0 Å². The first-order chi connectivity index (χ1) is 35.0. The summed E-state index contributed by atoms with van der Waals surface area (Å²) >= 11 is 18.9. The molecule has 6 heterocycles. The van der Waals surface area contributed by atoms with Crippen LogP contribution in [0.1, 0.15) is 63.9 Å². The van der Waals surface area contributed by atoms with E-state index in [-0.39, 0.29) is 21.7 Å². The summed E-state index contributed by atoms with van der Waals surface area (Å²) in [6, 6.07) is 6.37. The number of aliphatic imine (C=N–C) groups is 2. The highest BCUT2D eigenvalue weighted by Crippen LogP contribution is 2.39. The number of rotatable bonds is 13. The molecule has 2 aromatic heterocycles. The summed E-state index contributed by atoms with van der Waals surface area (Å²) in [7, 11) is 2.58. The van der Waals surface area contributed by atoms with Gasteiger partial charge in [-0.25, -0.2) is 37.9 Å². The van der Waals surface area contributed by atoms with Crippen LogP contribution in [0.15, 0.2) is 104 Å². The van der Waals surface area contributed by atoms with Gasteiger partial charge in [-0.2, -0.15) is 0 Å². The summed E-state index contributed by atoms with van der Waals surface area (Å²) < 4.78 is 48.2. The van der Waals surface area contributed by atoms with Gasteiger partial charge in [-0.3, -0.25) is 14.9 Å². The number of allylic oxidation sites excluding steroid dienone is 1. The Balaban J connectivity index is 0.000000204. The molecule has 0 radical (unpaired) electrons. The number of esters is 2. The zero-order valence-corrected chi connectivity index (χ0v) is 44.4. The van der Waals surface area contributed by atoms with Crippen molar-refractivity contribution in [1.29, 1.82) is 0 Å². The van der Waals surface area contributed by atoms with Gasteiger partial charge >= 0.3 is 23.9 Å². The van der Waals surface area contributed by atoms with Crippen molar-refractivity contribution in [3.63, 3.8) is 0 Å². The molecule has 8 rings (SSSR count). The van der Waals surface area contributed by atoms with Crippen LogP contribution >= 0.6 is 61.8 Å². The van der Waals surface area contributed by atoms with Gasteiger partial charge in [0.25, 0.3) is 0 Å². The maximum absolute atomic E-state index is 13.8. The van der Waals surface area contributed by atoms with E-state index < -0.39 is 53.7 Å². The molecule has 4 aliphatic heterocycles. The lowest BCUT2D eigenvalue weighted by Gasteiger charge is -2.34. The lowest BCUT2D eigenvalue weighted by atomic mass is 9.95. The normalized spacial score (nSPS) is 20.2. The molecule has 0 saturated carbocycles. The van der Waals surface area contributed by atoms with E-state index in [2.05, 4.69) is 41.5 Å². The average molecular weight is 1150 g/mol. The standard InChI is InChI=1S/C24H24ClFN4O5S.C17H14BrClFN3O2S.C8H12O3/c1-13-12-36-23(27-13)22-28-18(11-30-7-8-35-15(10-30)4-6-19(31)32)20(24(33)34-2)21(29-22)16-5-3-14(26)9-17(16)25;1-8-7-26-16(21-8)15-22-12(6-18)13(17(24)25-2)14(23-15)10-4-3-9(20)5-11(10)19;9-8(10)5-4-7-3-1-2-6-11-7/h3-6,9,12,15,21H,7-8,10-11H2,1-2H3,(H,28,29)(H,31,32);3-5,7,14H,6H2,1-2H3,(H,22,23);4-5,7H,1-3,6H2,(H,9,10)/b6-4+;;5-4+/t15-,21+;14-;7-/m100/s1. The number of aliphatic carboxylic acids is 2. The highest BCUT2D eigenvalue weighted by Gasteiger charge is 2.36. The Morgan fingerprint density at radius 2 is 1.27 bits per heavy atom. The number of aromatic nitrogens is 2. The number of hydrogen-bond donors (Lipinski definition) is 4. The molecule has 388 valence electrons. The molecule has 0 spiro atoms. The maximum Gasteiger partial charge on any atom is 0.338 e. The number of ether oxygens (including phenoxy) is 4. The van der Waals surface area contributed by atoms with Crippen LogP contribution in [-0.4, -0.2) is 125 Å². The number of methoxy groups -OCH3 is 2. The minimum Gasteiger partial charge on any atom is -0.478 e. The number of carbonyl (C=O) groups is 4. The molecule has 73 heavy (non-hydrogen) atoms. The van der Waals surface area contributed by atoms with Crippen LogP contribution in [0.4, 0.5) is 8.78 Å². The van der Waals surface area contributed by atoms with Gasteiger partial charge < -0.3 is 39.8 Å². The highest BCUT2D eigenvalue weighted by atomic mass is 79.9. The number of nitrogens with zero attached hydrogens (tertiary/aromatic N) is 5. The van der Waals surface area contributed by atoms with Crippen molar-refractivity contribution in [3.8, 4) is 0 Å². The molecular weight excluding hydrogens is 1100 g/mol. The predicted molar refractivity (Wildman–Crippen MR) is 277 cm³/mol. The van der Waals surface area contributed by atoms with E-state index in [1.54, 1.807) is 6.08 Å². The number of carboxylic acid groups (broad SMARTS) is 2. The van der Waals surface area contributed by atoms with Crippen molar-refractivity contribution in [3.05, 3.63) is 148 Å². The van der Waals surface area contributed by atoms with E-state index in [0.29, 0.717) is 81.4 Å². The first-order valence-corrected chi connectivity index (χ1v) is 26.0. The number of hydrogen-bond acceptors (Lipinski definition) is 17. The Labute approximate surface area is 445 Å². The van der Waals surface area contributed by atoms with Crippen LogP contribution in [-0.2, 0) is 38.1 Å². The van der Waals surface area contributed by atoms with Gasteiger partial charge in [-0.15, -0.1) is 22.7 Å². The molecule has 2 aromatic carbocycles. The topological polar surface area (TPSA) is 223 Å². The molecule has 4 N–H and O–H groups in total. The van der Waals surface area contributed by atoms with Gasteiger partial charge in [-0.05, 0) is 69.5 Å². The van der Waals surface area contributed by atoms with Crippen LogP contribution in [0.25, 0.3) is 0 Å². The number of morpholine rings is 1. The van der Waals surface area contributed by atoms with Crippen molar-refractivity contribution >= 4 is 97.4 Å². The van der Waals surface area contributed by atoms with E-state index in [0.717, 1.165) is 49.4 Å². The number of benzene rings is 2. The fraction of sp³-hybridized carbons (Fsp3) is 0.347. The highest BCUT2D eigenvalue weighted by molar-refractivity contribution is 9.09. The van der Waals surface area contributed by atoms with Gasteiger partial charge in [0, 0.05) is 98.4 Å². The number of thiazole rings is 2. The van der Waals surface area contributed by atoms with Crippen molar-refractivity contribution < 1.29 is 57.1 Å². The van der Waals surface area contributed by atoms with Gasteiger partial charge in [-0.1, -0.05) is 51.3 Å². The number of aryl methyl sites for hydroxylation is 2. The number of carbonyl (C=O) groups excluding carboxylic acids is 2. The molecule has 4 aromatic rings. The number of carboxylic acids is 2. The van der Waals surface area contributed by atoms with Crippen LogP contribution in [0.2, 0.25) is 10.0 Å². The van der Waals surface area contributed by atoms with E-state index in [9.17, 15) is 28.0 Å². The SMILES string of the molecule is COC(=O)C1=C(CBr)NC(c2nc(C)cs2)=N[C@H]1c1ccc(F)cc1Cl.COC(=O)C1=C(CN2CCO[C@H](/C=C/C(=O)O)C2)NC(c2nc(C)cs2)=N[C@H]1c1ccc(F)cc1Cl.O=C(O)/C=C/[C@@H]1CCCCO1. The third kappa shape index (κ3) is 15.7. The third-order valence-electron chi connectivity index (χ3n) is 11.0. The van der Waals surface area contributed by atoms with Crippen molar-refractivity contribution in [1.82, 2.24) is 25.5 Å². The van der Waals surface area contributed by atoms with Crippen molar-refractivity contribution in [2.24, 2.45) is 9.98 Å². The molecule has 4 atom stereocenters. The Hall–Kier alpha value is -5.72. The van der Waals surface area contributed by atoms with Gasteiger partial charge in [0.1, 0.15) is 23.7 Å². The summed E-state index contributed by atoms with van der Waals surface area (Å²) in [5, 5.41) is 29.4. The molecule has 2 saturated heterocycles. The quantitative estimate of drug-likeness (QED) is 0.0560. The van der Waals surface area contributed by atoms with Crippen LogP contribution in [0.5, 0.6) is 0 Å². The van der Waals surface area contributed by atoms with E-state index in [1.165, 1.54) is 79.4 Å². The second kappa shape index (κ2) is 27.0. The zero-order chi connectivity index (χ0) is 52.8. The molecule has 0 aliphatic carbocycles. The second-order valence-electron chi connectivity index (χ2n) is 16.3. The maximum atomic E-state index is 13.8. The summed E-state index contributed by atoms with van der Waals surface area (Å²) in [5.74, 6) is -3.08. The van der Waals surface area contributed by atoms with Gasteiger partial charge in [0.05, 0.1) is 44.2 Å². The van der Waals surface area contributed by atoms with Crippen LogP contribution < -0.4 is 10.6 Å². The fourth-order valence-corrected chi connectivity index (χ4v) is 10.2. The number of amidine groups is 2. The number of nitrogens with one attached hydrogen (secondary N) is 2. The second-order valence-corrected chi connectivity index (χ2v) is 19.4. The molecule has 0 unspecified atom stereocenters. The van der Waals surface area contributed by atoms with Crippen molar-refractivity contribution in [2.45, 2.75) is 57.4 Å². The van der Waals surface area contributed by atoms with Crippen LogP contribution in [0, 0.1) is 25.5 Å². The summed E-state index contributed by atoms with van der Waals surface area (Å²) in [6.07, 6.45) is 8.09. The predicted octanol–water partition coefficient (Wildman–Crippen LogP) is 8.46. The van der Waals surface area contributed by atoms with Crippen LogP contribution in [0.3, 0.4) is 0 Å². The molecule has 17 nitrogen and oxygen atoms in total. The monoisotopic (exact) mass is 1150 g/mol. The molecule has 4 aliphatic rings. The molecule has 0 bridgehead atoms. The van der Waals surface area contributed by atoms with Gasteiger partial charge in [0.15, 0.2) is 21.7 Å². The Morgan fingerprint density at radius 1 is 0.781 bits per heavy atom. The Kier molecular flexibility index (Phi) is 20.9. The van der Waals surface area contributed by atoms with Gasteiger partial charge in [0.2, 0.25) is 0 Å². The zero-order valence-electron chi connectivity index (χ0n) is 39.7. The molecule has 2 fully saturated rings. The summed E-state index contributed by atoms with van der Waals surface area (Å²) in [5.41, 5.74) is 4.34. The lowest BCUT2D eigenvalue weighted by molar-refractivity contribution is -0.137. The fourth-order valence-electron chi connectivity index (χ4n) is 7.67. The third-order valence-corrected chi connectivity index (χ3v) is 14.2. The molecule has 0 amide bonds. The number of halogens is 5. The summed E-state index contributed by atoms with van der Waals surface area (Å²) in [6.45, 7) is 6.16. The first kappa shape index (κ1) is 56.6. The number of alkyl halides is 1. The average Bonchev–Trinajstić information content (AvgIpc) is 4.02. The molecule has 24 heteroatoms. The summed E-state index contributed by atoms with van der Waals surface area (Å²) in [4.78, 5) is 66.8. The Bertz CT molecular complexity index is 2870. The smallest absolute Gasteiger partial charge is 0.338 e. The Morgan fingerprint density at radius 3 is 1.71 bits per heavy atom. The van der Waals surface area contributed by atoms with Crippen molar-refractivity contribution in [2.75, 3.05) is 52.4 Å². The minimum atomic E-state index is -1.06. The first-order valence-electron chi connectivity index (χ1n) is 22.4. The van der Waals surface area contributed by atoms with E-state index in [4.69, 9.17) is 57.4 Å². The lowest BCUT2D eigenvalue weighted by Crippen LogP contribution is -2.46. The minimum absolute atomic E-state index is 0.0276. The largest absolute Gasteiger partial charge is 0.478 e. The van der Waals surface area contributed by atoms with E-state index in [1.807, 2.05) is 29.5 Å². The molecular formula is C49H50BrCl2F2N7O10S2.